The predicted molar refractivity (Wildman–Crippen MR) is 71.2 cm³/mol. The van der Waals surface area contributed by atoms with Gasteiger partial charge in [-0.15, -0.1) is 0 Å². The molecule has 1 fully saturated rings. The van der Waals surface area contributed by atoms with Crippen molar-refractivity contribution >= 4 is 27.6 Å². The number of rotatable bonds is 5. The zero-order valence-corrected chi connectivity index (χ0v) is 12.3. The van der Waals surface area contributed by atoms with Gasteiger partial charge in [-0.25, -0.2) is 8.42 Å². The molecule has 1 rings (SSSR count). The second kappa shape index (κ2) is 6.31. The number of hydrogen-bond donors (Lipinski definition) is 2. The molecule has 114 valence electrons. The summed E-state index contributed by atoms with van der Waals surface area (Å²) in [7, 11) is -1.84. The summed E-state index contributed by atoms with van der Waals surface area (Å²) in [6.45, 7) is 0. The molecule has 1 heterocycles. The molecule has 3 N–H and O–H groups in total. The van der Waals surface area contributed by atoms with Gasteiger partial charge in [0.2, 0.25) is 11.8 Å². The van der Waals surface area contributed by atoms with E-state index in [1.165, 1.54) is 7.05 Å². The molecule has 9 heteroatoms. The Kier molecular flexibility index (Phi) is 5.23. The van der Waals surface area contributed by atoms with Crippen LogP contribution in [0.3, 0.4) is 0 Å². The van der Waals surface area contributed by atoms with Crippen molar-refractivity contribution in [2.75, 3.05) is 19.1 Å². The second-order valence-corrected chi connectivity index (χ2v) is 7.18. The van der Waals surface area contributed by atoms with Crippen LogP contribution in [0, 0.1) is 0 Å². The average Bonchev–Trinajstić information content (AvgIpc) is 2.35. The van der Waals surface area contributed by atoms with Crippen LogP contribution in [0.1, 0.15) is 19.3 Å². The van der Waals surface area contributed by atoms with Gasteiger partial charge in [0.25, 0.3) is 5.91 Å². The first kappa shape index (κ1) is 16.6. The lowest BCUT2D eigenvalue weighted by atomic mass is 10.0. The van der Waals surface area contributed by atoms with Crippen molar-refractivity contribution in [3.05, 3.63) is 0 Å². The molecule has 3 amide bonds. The monoisotopic (exact) mass is 305 g/mol. The summed E-state index contributed by atoms with van der Waals surface area (Å²) in [5, 5.41) is 2.45. The second-order valence-electron chi connectivity index (χ2n) is 4.92. The molecule has 20 heavy (non-hydrogen) atoms. The van der Waals surface area contributed by atoms with Gasteiger partial charge in [-0.3, -0.25) is 19.3 Å². The Morgan fingerprint density at radius 3 is 2.65 bits per heavy atom. The molecule has 1 saturated heterocycles. The van der Waals surface area contributed by atoms with Crippen LogP contribution in [0.4, 0.5) is 0 Å². The van der Waals surface area contributed by atoms with Gasteiger partial charge in [0.05, 0.1) is 11.8 Å². The number of sulfone groups is 1. The van der Waals surface area contributed by atoms with Gasteiger partial charge in [0, 0.05) is 19.7 Å². The van der Waals surface area contributed by atoms with Crippen molar-refractivity contribution in [2.24, 2.45) is 5.73 Å². The molecule has 0 aliphatic carbocycles. The number of nitrogens with one attached hydrogen (secondary N) is 1. The maximum absolute atomic E-state index is 11.8. The number of nitrogens with two attached hydrogens (primary N) is 1. The molecule has 0 aromatic heterocycles. The number of carbonyl (C=O) groups excluding carboxylic acids is 3. The fraction of sp³-hybridized carbons (Fsp3) is 0.727. The number of imide groups is 1. The first-order chi connectivity index (χ1) is 9.11. The van der Waals surface area contributed by atoms with Crippen LogP contribution >= 0.6 is 0 Å². The van der Waals surface area contributed by atoms with Crippen LogP contribution < -0.4 is 11.1 Å². The van der Waals surface area contributed by atoms with Crippen molar-refractivity contribution in [2.45, 2.75) is 31.3 Å². The quantitative estimate of drug-likeness (QED) is 0.566. The molecular weight excluding hydrogens is 286 g/mol. The highest BCUT2D eigenvalue weighted by molar-refractivity contribution is 7.90. The molecule has 1 aliphatic rings. The topological polar surface area (TPSA) is 127 Å². The van der Waals surface area contributed by atoms with E-state index in [4.69, 9.17) is 5.73 Å². The third-order valence-corrected chi connectivity index (χ3v) is 4.08. The number of amides is 3. The lowest BCUT2D eigenvalue weighted by molar-refractivity contribution is -0.149. The van der Waals surface area contributed by atoms with E-state index in [0.29, 0.717) is 0 Å². The molecule has 0 bridgehead atoms. The van der Waals surface area contributed by atoms with Gasteiger partial charge in [0.1, 0.15) is 15.9 Å². The maximum atomic E-state index is 11.8. The summed E-state index contributed by atoms with van der Waals surface area (Å²) < 4.78 is 22.0. The highest BCUT2D eigenvalue weighted by Crippen LogP contribution is 2.11. The van der Waals surface area contributed by atoms with Crippen LogP contribution in [0.5, 0.6) is 0 Å². The standard InChI is InChI=1S/C11H19N3O5S/c1-14-9(15)4-3-8(11(14)17)13-10(16)7(12)5-6-20(2,18)19/h7-8H,3-6,12H2,1-2H3,(H,13,16). The van der Waals surface area contributed by atoms with Gasteiger partial charge in [0.15, 0.2) is 0 Å². The number of piperidine rings is 1. The predicted octanol–water partition coefficient (Wildman–Crippen LogP) is -1.99. The molecule has 0 saturated carbocycles. The molecule has 2 unspecified atom stereocenters. The van der Waals surface area contributed by atoms with Crippen LogP contribution in [0.15, 0.2) is 0 Å². The third kappa shape index (κ3) is 4.57. The van der Waals surface area contributed by atoms with E-state index in [0.717, 1.165) is 11.2 Å². The summed E-state index contributed by atoms with van der Waals surface area (Å²) >= 11 is 0. The smallest absolute Gasteiger partial charge is 0.251 e. The summed E-state index contributed by atoms with van der Waals surface area (Å²) in [4.78, 5) is 35.8. The summed E-state index contributed by atoms with van der Waals surface area (Å²) in [6, 6.07) is -1.78. The zero-order valence-electron chi connectivity index (χ0n) is 11.5. The summed E-state index contributed by atoms with van der Waals surface area (Å²) in [5.41, 5.74) is 5.58. The van der Waals surface area contributed by atoms with E-state index < -0.39 is 33.7 Å². The van der Waals surface area contributed by atoms with Gasteiger partial charge in [-0.1, -0.05) is 0 Å². The Balaban J connectivity index is 2.53. The van der Waals surface area contributed by atoms with Crippen LogP contribution in [-0.2, 0) is 24.2 Å². The highest BCUT2D eigenvalue weighted by atomic mass is 32.2. The molecule has 8 nitrogen and oxygen atoms in total. The van der Waals surface area contributed by atoms with Gasteiger partial charge >= 0.3 is 0 Å². The number of carbonyl (C=O) groups is 3. The number of likely N-dealkylation sites (tertiary alicyclic amines) is 1. The largest absolute Gasteiger partial charge is 0.343 e. The van der Waals surface area contributed by atoms with Crippen molar-refractivity contribution in [1.29, 1.82) is 0 Å². The van der Waals surface area contributed by atoms with Crippen molar-refractivity contribution in [3.8, 4) is 0 Å². The van der Waals surface area contributed by atoms with Crippen LogP contribution in [-0.4, -0.2) is 62.2 Å². The van der Waals surface area contributed by atoms with Crippen molar-refractivity contribution in [3.63, 3.8) is 0 Å². The first-order valence-electron chi connectivity index (χ1n) is 6.16. The lowest BCUT2D eigenvalue weighted by Gasteiger charge is -2.28. The Bertz CT molecular complexity index is 516. The molecule has 0 aromatic carbocycles. The highest BCUT2D eigenvalue weighted by Gasteiger charge is 2.33. The fourth-order valence-electron chi connectivity index (χ4n) is 1.80. The van der Waals surface area contributed by atoms with E-state index in [1.54, 1.807) is 0 Å². The number of likely N-dealkylation sites (N-methyl/N-ethyl adjacent to an activating group) is 1. The van der Waals surface area contributed by atoms with E-state index in [1.807, 2.05) is 0 Å². The normalized spacial score (nSPS) is 21.8. The Morgan fingerprint density at radius 1 is 1.50 bits per heavy atom. The number of hydrogen-bond acceptors (Lipinski definition) is 6. The maximum Gasteiger partial charge on any atom is 0.251 e. The minimum Gasteiger partial charge on any atom is -0.343 e. The molecule has 0 aromatic rings. The van der Waals surface area contributed by atoms with E-state index >= 15 is 0 Å². The minimum atomic E-state index is -3.19. The minimum absolute atomic E-state index is 0.0135. The van der Waals surface area contributed by atoms with Crippen LogP contribution in [0.2, 0.25) is 0 Å². The van der Waals surface area contributed by atoms with Crippen molar-refractivity contribution < 1.29 is 22.8 Å². The summed E-state index contributed by atoms with van der Waals surface area (Å²) in [6.07, 6.45) is 1.45. The zero-order chi connectivity index (χ0) is 15.5. The fourth-order valence-corrected chi connectivity index (χ4v) is 2.48. The molecule has 2 atom stereocenters. The van der Waals surface area contributed by atoms with Gasteiger partial charge in [-0.2, -0.15) is 0 Å². The molecule has 0 spiro atoms. The summed E-state index contributed by atoms with van der Waals surface area (Å²) in [5.74, 6) is -1.56. The van der Waals surface area contributed by atoms with E-state index in [9.17, 15) is 22.8 Å². The molecule has 1 aliphatic heterocycles. The SMILES string of the molecule is CN1C(=O)CCC(NC(=O)C(N)CCS(C)(=O)=O)C1=O. The Hall–Kier alpha value is -1.48. The Labute approximate surface area is 117 Å². The van der Waals surface area contributed by atoms with E-state index in [2.05, 4.69) is 5.32 Å². The van der Waals surface area contributed by atoms with Gasteiger partial charge < -0.3 is 11.1 Å². The van der Waals surface area contributed by atoms with Crippen molar-refractivity contribution in [1.82, 2.24) is 10.2 Å². The number of nitrogens with zero attached hydrogens (tertiary/aromatic N) is 1. The van der Waals surface area contributed by atoms with Crippen LogP contribution in [0.25, 0.3) is 0 Å². The van der Waals surface area contributed by atoms with Gasteiger partial charge in [-0.05, 0) is 12.8 Å². The first-order valence-corrected chi connectivity index (χ1v) is 8.22. The third-order valence-electron chi connectivity index (χ3n) is 3.10. The van der Waals surface area contributed by atoms with E-state index in [-0.39, 0.29) is 30.9 Å². The molecule has 0 radical (unpaired) electrons. The molecular formula is C11H19N3O5S. The average molecular weight is 305 g/mol. The lowest BCUT2D eigenvalue weighted by Crippen LogP contribution is -2.55. The Morgan fingerprint density at radius 2 is 2.10 bits per heavy atom.